The van der Waals surface area contributed by atoms with Crippen molar-refractivity contribution >= 4 is 5.96 Å². The third-order valence-corrected chi connectivity index (χ3v) is 0.842. The molecule has 1 rings (SSSR count). The van der Waals surface area contributed by atoms with Gasteiger partial charge in [0.25, 0.3) is 5.96 Å². The molecule has 48 valence electrons. The van der Waals surface area contributed by atoms with Crippen molar-refractivity contribution in [3.8, 4) is 0 Å². The summed E-state index contributed by atoms with van der Waals surface area (Å²) in [5.41, 5.74) is 5.14. The molecule has 0 radical (unpaired) electrons. The van der Waals surface area contributed by atoms with Crippen LogP contribution < -0.4 is 5.73 Å². The molecule has 0 aliphatic carbocycles. The summed E-state index contributed by atoms with van der Waals surface area (Å²) >= 11 is 0. The quantitative estimate of drug-likeness (QED) is 0.211. The smallest absolute Gasteiger partial charge is 0.258 e. The monoisotopic (exact) mass is 126 g/mol. The van der Waals surface area contributed by atoms with Gasteiger partial charge in [0.15, 0.2) is 0 Å². The van der Waals surface area contributed by atoms with Gasteiger partial charge in [0, 0.05) is 12.4 Å². The maximum atomic E-state index is 8.11. The van der Waals surface area contributed by atoms with Crippen LogP contribution >= 0.6 is 0 Å². The molecule has 1 heterocycles. The zero-order valence-corrected chi connectivity index (χ0v) is 4.60. The molecule has 0 aliphatic heterocycles. The van der Waals surface area contributed by atoms with Crippen molar-refractivity contribution < 1.29 is 5.21 Å². The molecule has 0 unspecified atom stereocenters. The zero-order valence-electron chi connectivity index (χ0n) is 4.60. The van der Waals surface area contributed by atoms with E-state index in [-0.39, 0.29) is 5.96 Å². The first-order valence-corrected chi connectivity index (χ1v) is 2.32. The first-order chi connectivity index (χ1) is 4.34. The molecule has 5 heteroatoms. The Bertz CT molecular complexity index is 202. The molecule has 0 aromatic carbocycles. The zero-order chi connectivity index (χ0) is 6.69. The molecular formula is C4H6N4O. The van der Waals surface area contributed by atoms with E-state index in [0.717, 1.165) is 0 Å². The lowest BCUT2D eigenvalue weighted by Gasteiger charge is -1.92. The molecule has 0 aliphatic rings. The van der Waals surface area contributed by atoms with Crippen molar-refractivity contribution in [2.45, 2.75) is 0 Å². The molecule has 9 heavy (non-hydrogen) atoms. The highest BCUT2D eigenvalue weighted by molar-refractivity contribution is 5.78. The van der Waals surface area contributed by atoms with Crippen molar-refractivity contribution in [1.29, 1.82) is 0 Å². The van der Waals surface area contributed by atoms with Crippen LogP contribution in [0.4, 0.5) is 0 Å². The number of hydrogen-bond donors (Lipinski definition) is 2. The molecule has 0 bridgehead atoms. The molecule has 0 saturated heterocycles. The third-order valence-electron chi connectivity index (χ3n) is 0.842. The highest BCUT2D eigenvalue weighted by Crippen LogP contribution is 1.79. The summed E-state index contributed by atoms with van der Waals surface area (Å²) in [6.07, 6.45) is 3.12. The summed E-state index contributed by atoms with van der Waals surface area (Å²) in [7, 11) is 0. The van der Waals surface area contributed by atoms with Crippen LogP contribution in [0.5, 0.6) is 0 Å². The number of oxime groups is 1. The number of rotatable bonds is 0. The molecule has 0 spiro atoms. The second kappa shape index (κ2) is 2.17. The second-order valence-electron chi connectivity index (χ2n) is 1.41. The molecule has 0 atom stereocenters. The minimum atomic E-state index is -0.0417. The van der Waals surface area contributed by atoms with Crippen LogP contribution in [0.1, 0.15) is 0 Å². The maximum Gasteiger partial charge on any atom is 0.258 e. The number of aromatic nitrogens is 2. The summed E-state index contributed by atoms with van der Waals surface area (Å²) in [6.45, 7) is 0. The van der Waals surface area contributed by atoms with E-state index in [1.807, 2.05) is 0 Å². The summed E-state index contributed by atoms with van der Waals surface area (Å²) in [5, 5.41) is 14.5. The fourth-order valence-electron chi connectivity index (χ4n) is 0.450. The topological polar surface area (TPSA) is 76.4 Å². The van der Waals surface area contributed by atoms with E-state index in [0.29, 0.717) is 0 Å². The van der Waals surface area contributed by atoms with E-state index >= 15 is 0 Å². The Labute approximate surface area is 51.4 Å². The van der Waals surface area contributed by atoms with Gasteiger partial charge >= 0.3 is 0 Å². The van der Waals surface area contributed by atoms with E-state index < -0.39 is 0 Å². The predicted octanol–water partition coefficient (Wildman–Crippen LogP) is -0.565. The van der Waals surface area contributed by atoms with Gasteiger partial charge in [0.1, 0.15) is 0 Å². The average molecular weight is 126 g/mol. The fourth-order valence-corrected chi connectivity index (χ4v) is 0.450. The fraction of sp³-hybridized carbons (Fsp3) is 0. The summed E-state index contributed by atoms with van der Waals surface area (Å²) in [4.78, 5) is 0. The third kappa shape index (κ3) is 0.987. The van der Waals surface area contributed by atoms with Gasteiger partial charge < -0.3 is 10.9 Å². The summed E-state index contributed by atoms with van der Waals surface area (Å²) in [5.74, 6) is -0.0417. The van der Waals surface area contributed by atoms with Gasteiger partial charge in [0.05, 0.1) is 0 Å². The highest BCUT2D eigenvalue weighted by Gasteiger charge is 1.91. The van der Waals surface area contributed by atoms with Crippen molar-refractivity contribution in [3.05, 3.63) is 18.5 Å². The molecule has 1 aromatic heterocycles. The van der Waals surface area contributed by atoms with Gasteiger partial charge in [-0.2, -0.15) is 5.10 Å². The molecule has 3 N–H and O–H groups in total. The minimum Gasteiger partial charge on any atom is -0.408 e. The van der Waals surface area contributed by atoms with Crippen LogP contribution in [0.25, 0.3) is 0 Å². The Morgan fingerprint density at radius 3 is 3.00 bits per heavy atom. The van der Waals surface area contributed by atoms with Crippen molar-refractivity contribution in [3.63, 3.8) is 0 Å². The van der Waals surface area contributed by atoms with Crippen molar-refractivity contribution in [1.82, 2.24) is 9.78 Å². The standard InChI is InChI=1S/C4H6N4O/c5-4(7-9)8-3-1-2-6-8/h1-3,9H,(H2,5,7). The first-order valence-electron chi connectivity index (χ1n) is 2.32. The lowest BCUT2D eigenvalue weighted by molar-refractivity contribution is 0.315. The van der Waals surface area contributed by atoms with E-state index in [1.54, 1.807) is 12.3 Å². The SMILES string of the molecule is NC(=NO)n1cccn1. The maximum absolute atomic E-state index is 8.11. The van der Waals surface area contributed by atoms with Crippen molar-refractivity contribution in [2.24, 2.45) is 10.9 Å². The number of hydrogen-bond acceptors (Lipinski definition) is 3. The van der Waals surface area contributed by atoms with Crippen LogP contribution in [0.15, 0.2) is 23.6 Å². The van der Waals surface area contributed by atoms with Crippen LogP contribution in [0, 0.1) is 0 Å². The second-order valence-corrected chi connectivity index (χ2v) is 1.41. The van der Waals surface area contributed by atoms with Crippen LogP contribution in [0.3, 0.4) is 0 Å². The van der Waals surface area contributed by atoms with E-state index in [2.05, 4.69) is 10.3 Å². The Morgan fingerprint density at radius 2 is 2.56 bits per heavy atom. The minimum absolute atomic E-state index is 0.0417. The largest absolute Gasteiger partial charge is 0.408 e. The van der Waals surface area contributed by atoms with Crippen LogP contribution in [-0.4, -0.2) is 20.9 Å². The molecule has 5 nitrogen and oxygen atoms in total. The number of nitrogens with two attached hydrogens (primary N) is 1. The number of nitrogens with zero attached hydrogens (tertiary/aromatic N) is 3. The van der Waals surface area contributed by atoms with Crippen LogP contribution in [-0.2, 0) is 0 Å². The summed E-state index contributed by atoms with van der Waals surface area (Å²) in [6, 6.07) is 1.68. The Hall–Kier alpha value is -1.52. The normalized spacial score (nSPS) is 11.8. The lowest BCUT2D eigenvalue weighted by atomic mass is 10.7. The molecule has 0 fully saturated rings. The van der Waals surface area contributed by atoms with E-state index in [9.17, 15) is 0 Å². The van der Waals surface area contributed by atoms with Gasteiger partial charge in [-0.3, -0.25) is 0 Å². The predicted molar refractivity (Wildman–Crippen MR) is 31.0 cm³/mol. The van der Waals surface area contributed by atoms with E-state index in [4.69, 9.17) is 10.9 Å². The van der Waals surface area contributed by atoms with Gasteiger partial charge in [-0.25, -0.2) is 4.68 Å². The Morgan fingerprint density at radius 1 is 1.78 bits per heavy atom. The van der Waals surface area contributed by atoms with E-state index in [1.165, 1.54) is 10.9 Å². The summed E-state index contributed by atoms with van der Waals surface area (Å²) < 4.78 is 1.25. The molecular weight excluding hydrogens is 120 g/mol. The lowest BCUT2D eigenvalue weighted by Crippen LogP contribution is -2.22. The molecule has 0 saturated carbocycles. The molecule has 0 amide bonds. The van der Waals surface area contributed by atoms with Crippen LogP contribution in [0.2, 0.25) is 0 Å². The van der Waals surface area contributed by atoms with Gasteiger partial charge in [0.2, 0.25) is 0 Å². The highest BCUT2D eigenvalue weighted by atomic mass is 16.4. The van der Waals surface area contributed by atoms with Crippen molar-refractivity contribution in [2.75, 3.05) is 0 Å². The first kappa shape index (κ1) is 5.61. The van der Waals surface area contributed by atoms with Gasteiger partial charge in [-0.1, -0.05) is 0 Å². The van der Waals surface area contributed by atoms with Gasteiger partial charge in [-0.05, 0) is 11.2 Å². The molecule has 1 aromatic rings. The average Bonchev–Trinajstić information content (AvgIpc) is 2.37. The Kier molecular flexibility index (Phi) is 1.35. The Balaban J connectivity index is 2.90. The van der Waals surface area contributed by atoms with Gasteiger partial charge in [-0.15, -0.1) is 0 Å².